The minimum Gasteiger partial charge on any atom is -0.374 e. The van der Waals surface area contributed by atoms with Crippen LogP contribution in [0.25, 0.3) is 0 Å². The van der Waals surface area contributed by atoms with Crippen LogP contribution in [0.3, 0.4) is 0 Å². The molecule has 1 N–H and O–H groups in total. The van der Waals surface area contributed by atoms with Crippen LogP contribution in [0.15, 0.2) is 22.7 Å². The van der Waals surface area contributed by atoms with Gasteiger partial charge in [-0.3, -0.25) is 15.0 Å². The number of rotatable bonds is 6. The van der Waals surface area contributed by atoms with Gasteiger partial charge in [-0.15, -0.1) is 0 Å². The van der Waals surface area contributed by atoms with Crippen molar-refractivity contribution < 1.29 is 9.66 Å². The average Bonchev–Trinajstić information content (AvgIpc) is 2.49. The fourth-order valence-electron chi connectivity index (χ4n) is 2.40. The lowest BCUT2D eigenvalue weighted by Crippen LogP contribution is -2.46. The molecule has 1 heterocycles. The van der Waals surface area contributed by atoms with E-state index in [1.165, 1.54) is 6.07 Å². The van der Waals surface area contributed by atoms with Crippen LogP contribution >= 0.6 is 15.9 Å². The molecule has 0 amide bonds. The first-order chi connectivity index (χ1) is 10.1. The third kappa shape index (κ3) is 4.47. The molecule has 0 aromatic heterocycles. The molecular formula is C14H20BrN3O3. The predicted octanol–water partition coefficient (Wildman–Crippen LogP) is 2.17. The molecule has 0 saturated carbocycles. The third-order valence-corrected chi connectivity index (χ3v) is 4.53. The highest BCUT2D eigenvalue weighted by Gasteiger charge is 2.19. The van der Waals surface area contributed by atoms with Crippen molar-refractivity contribution in [1.82, 2.24) is 10.2 Å². The predicted molar refractivity (Wildman–Crippen MR) is 84.4 cm³/mol. The first kappa shape index (κ1) is 16.4. The number of morpholine rings is 1. The second-order valence-corrected chi connectivity index (χ2v) is 5.82. The lowest BCUT2D eigenvalue weighted by molar-refractivity contribution is -0.385. The Morgan fingerprint density at radius 3 is 3.10 bits per heavy atom. The second-order valence-electron chi connectivity index (χ2n) is 5.02. The molecule has 21 heavy (non-hydrogen) atoms. The Morgan fingerprint density at radius 1 is 1.57 bits per heavy atom. The van der Waals surface area contributed by atoms with E-state index in [4.69, 9.17) is 4.74 Å². The van der Waals surface area contributed by atoms with Crippen LogP contribution in [0.5, 0.6) is 0 Å². The van der Waals surface area contributed by atoms with Gasteiger partial charge in [-0.1, -0.05) is 19.1 Å². The first-order valence-corrected chi connectivity index (χ1v) is 7.87. The largest absolute Gasteiger partial charge is 0.374 e. The van der Waals surface area contributed by atoms with Crippen LogP contribution in [0.1, 0.15) is 12.5 Å². The van der Waals surface area contributed by atoms with Crippen molar-refractivity contribution in [2.24, 2.45) is 0 Å². The van der Waals surface area contributed by atoms with Gasteiger partial charge in [0.25, 0.3) is 5.69 Å². The lowest BCUT2D eigenvalue weighted by atomic mass is 10.2. The Labute approximate surface area is 132 Å². The van der Waals surface area contributed by atoms with E-state index < -0.39 is 0 Å². The smallest absolute Gasteiger partial charge is 0.283 e. The molecule has 7 heteroatoms. The molecule has 1 aromatic carbocycles. The number of hydrogen-bond donors (Lipinski definition) is 1. The summed E-state index contributed by atoms with van der Waals surface area (Å²) in [5, 5.41) is 14.2. The minimum absolute atomic E-state index is 0.0976. The fourth-order valence-corrected chi connectivity index (χ4v) is 2.95. The maximum absolute atomic E-state index is 10.9. The fraction of sp³-hybridized carbons (Fsp3) is 0.571. The van der Waals surface area contributed by atoms with Gasteiger partial charge in [-0.25, -0.2) is 0 Å². The Kier molecular flexibility index (Phi) is 6.10. The molecule has 1 fully saturated rings. The maximum atomic E-state index is 10.9. The molecule has 116 valence electrons. The maximum Gasteiger partial charge on any atom is 0.283 e. The second kappa shape index (κ2) is 7.84. The summed E-state index contributed by atoms with van der Waals surface area (Å²) in [6.45, 7) is 7.19. The topological polar surface area (TPSA) is 67.6 Å². The average molecular weight is 358 g/mol. The number of benzene rings is 1. The van der Waals surface area contributed by atoms with Crippen molar-refractivity contribution in [3.8, 4) is 0 Å². The Morgan fingerprint density at radius 2 is 2.38 bits per heavy atom. The van der Waals surface area contributed by atoms with Gasteiger partial charge >= 0.3 is 0 Å². The molecule has 0 bridgehead atoms. The SMILES string of the molecule is CCN1CCOC(CNCc2cccc([N+](=O)[O-])c2Br)C1. The molecule has 0 radical (unpaired) electrons. The molecule has 1 aliphatic rings. The highest BCUT2D eigenvalue weighted by molar-refractivity contribution is 9.10. The van der Waals surface area contributed by atoms with Crippen LogP contribution in [0.2, 0.25) is 0 Å². The minimum atomic E-state index is -0.378. The molecule has 1 saturated heterocycles. The van der Waals surface area contributed by atoms with Gasteiger partial charge in [-0.05, 0) is 28.0 Å². The normalized spacial score (nSPS) is 19.6. The molecule has 1 aromatic rings. The van der Waals surface area contributed by atoms with Crippen molar-refractivity contribution in [1.29, 1.82) is 0 Å². The summed E-state index contributed by atoms with van der Waals surface area (Å²) in [7, 11) is 0. The number of hydrogen-bond acceptors (Lipinski definition) is 5. The Hall–Kier alpha value is -1.02. The lowest BCUT2D eigenvalue weighted by Gasteiger charge is -2.32. The quantitative estimate of drug-likeness (QED) is 0.624. The highest BCUT2D eigenvalue weighted by Crippen LogP contribution is 2.28. The molecule has 6 nitrogen and oxygen atoms in total. The molecule has 1 atom stereocenters. The number of nitro benzene ring substituents is 1. The number of likely N-dealkylation sites (N-methyl/N-ethyl adjacent to an activating group) is 1. The summed E-state index contributed by atoms with van der Waals surface area (Å²) >= 11 is 3.31. The number of nitrogens with zero attached hydrogens (tertiary/aromatic N) is 2. The zero-order valence-corrected chi connectivity index (χ0v) is 13.6. The van der Waals surface area contributed by atoms with E-state index in [-0.39, 0.29) is 16.7 Å². The van der Waals surface area contributed by atoms with E-state index in [1.807, 2.05) is 6.07 Å². The van der Waals surface area contributed by atoms with Crippen LogP contribution in [-0.4, -0.2) is 48.7 Å². The third-order valence-electron chi connectivity index (χ3n) is 3.61. The van der Waals surface area contributed by atoms with Crippen molar-refractivity contribution in [3.05, 3.63) is 38.3 Å². The summed E-state index contributed by atoms with van der Waals surface area (Å²) in [6, 6.07) is 5.08. The van der Waals surface area contributed by atoms with Crippen molar-refractivity contribution >= 4 is 21.6 Å². The molecule has 2 rings (SSSR count). The molecule has 0 aliphatic carbocycles. The number of nitrogens with one attached hydrogen (secondary N) is 1. The van der Waals surface area contributed by atoms with Crippen molar-refractivity contribution in [2.45, 2.75) is 19.6 Å². The van der Waals surface area contributed by atoms with E-state index >= 15 is 0 Å². The Bertz CT molecular complexity index is 498. The summed E-state index contributed by atoms with van der Waals surface area (Å²) in [5.41, 5.74) is 0.979. The zero-order chi connectivity index (χ0) is 15.2. The van der Waals surface area contributed by atoms with Gasteiger partial charge in [0, 0.05) is 32.2 Å². The van der Waals surface area contributed by atoms with Gasteiger partial charge < -0.3 is 10.1 Å². The summed E-state index contributed by atoms with van der Waals surface area (Å²) in [4.78, 5) is 12.9. The summed E-state index contributed by atoms with van der Waals surface area (Å²) in [5.74, 6) is 0. The van der Waals surface area contributed by atoms with Crippen molar-refractivity contribution in [3.63, 3.8) is 0 Å². The first-order valence-electron chi connectivity index (χ1n) is 7.08. The van der Waals surface area contributed by atoms with Crippen molar-refractivity contribution in [2.75, 3.05) is 32.8 Å². The molecule has 1 aliphatic heterocycles. The monoisotopic (exact) mass is 357 g/mol. The highest BCUT2D eigenvalue weighted by atomic mass is 79.9. The van der Waals surface area contributed by atoms with Gasteiger partial charge in [-0.2, -0.15) is 0 Å². The Balaban J connectivity index is 1.86. The number of halogens is 1. The van der Waals surface area contributed by atoms with Gasteiger partial charge in [0.15, 0.2) is 0 Å². The van der Waals surface area contributed by atoms with E-state index in [9.17, 15) is 10.1 Å². The van der Waals surface area contributed by atoms with E-state index in [0.29, 0.717) is 11.0 Å². The number of ether oxygens (including phenoxy) is 1. The van der Waals surface area contributed by atoms with E-state index in [0.717, 1.165) is 38.3 Å². The molecular weight excluding hydrogens is 338 g/mol. The standard InChI is InChI=1S/C14H20BrN3O3/c1-2-17-6-7-21-12(10-17)9-16-8-11-4-3-5-13(14(11)15)18(19)20/h3-5,12,16H,2,6-10H2,1H3. The van der Waals surface area contributed by atoms with Crippen LogP contribution < -0.4 is 5.32 Å². The van der Waals surface area contributed by atoms with Gasteiger partial charge in [0.1, 0.15) is 0 Å². The number of nitro groups is 1. The van der Waals surface area contributed by atoms with Gasteiger partial charge in [0.2, 0.25) is 0 Å². The molecule has 0 spiro atoms. The van der Waals surface area contributed by atoms with Gasteiger partial charge in [0.05, 0.1) is 22.1 Å². The van der Waals surface area contributed by atoms with E-state index in [2.05, 4.69) is 33.1 Å². The summed E-state index contributed by atoms with van der Waals surface area (Å²) < 4.78 is 6.26. The van der Waals surface area contributed by atoms with Crippen LogP contribution in [0, 0.1) is 10.1 Å². The van der Waals surface area contributed by atoms with Crippen LogP contribution in [0.4, 0.5) is 5.69 Å². The van der Waals surface area contributed by atoms with E-state index in [1.54, 1.807) is 6.07 Å². The van der Waals surface area contributed by atoms with Crippen LogP contribution in [-0.2, 0) is 11.3 Å². The summed E-state index contributed by atoms with van der Waals surface area (Å²) in [6.07, 6.45) is 0.177. The zero-order valence-electron chi connectivity index (χ0n) is 12.0. The molecule has 1 unspecified atom stereocenters.